The summed E-state index contributed by atoms with van der Waals surface area (Å²) in [7, 11) is 1.55. The lowest BCUT2D eigenvalue weighted by Crippen LogP contribution is -2.38. The van der Waals surface area contributed by atoms with E-state index in [2.05, 4.69) is 10.6 Å². The number of rotatable bonds is 6. The Balaban J connectivity index is 2.55. The van der Waals surface area contributed by atoms with Gasteiger partial charge in [-0.25, -0.2) is 0 Å². The average molecular weight is 278 g/mol. The number of aryl methyl sites for hydroxylation is 1. The number of nitrogens with one attached hydrogen (secondary N) is 2. The van der Waals surface area contributed by atoms with Crippen LogP contribution in [0.15, 0.2) is 24.3 Å². The van der Waals surface area contributed by atoms with Crippen molar-refractivity contribution in [3.05, 3.63) is 35.4 Å². The van der Waals surface area contributed by atoms with Gasteiger partial charge in [-0.1, -0.05) is 12.1 Å². The fraction of sp³-hybridized carbons (Fsp3) is 0.357. The van der Waals surface area contributed by atoms with Gasteiger partial charge in [0.25, 0.3) is 5.91 Å². The smallest absolute Gasteiger partial charge is 0.325 e. The number of carboxylic acids is 1. The molecule has 2 amide bonds. The van der Waals surface area contributed by atoms with Gasteiger partial charge in [0.15, 0.2) is 0 Å². The zero-order chi connectivity index (χ0) is 15.1. The molecule has 0 bridgehead atoms. The van der Waals surface area contributed by atoms with Crippen LogP contribution in [-0.2, 0) is 16.0 Å². The molecule has 1 aromatic carbocycles. The van der Waals surface area contributed by atoms with Crippen molar-refractivity contribution in [3.8, 4) is 0 Å². The standard InChI is InChI=1S/C14H18N2O4/c1-9(14(19)20)16-12(17)7-6-10-4-3-5-11(8-10)13(18)15-2/h3-5,8-9H,6-7H2,1-2H3,(H,15,18)(H,16,17)(H,19,20)/t9-/m1/s1. The molecule has 0 aliphatic heterocycles. The van der Waals surface area contributed by atoms with Crippen LogP contribution < -0.4 is 10.6 Å². The van der Waals surface area contributed by atoms with Crippen molar-refractivity contribution >= 4 is 17.8 Å². The van der Waals surface area contributed by atoms with E-state index in [1.54, 1.807) is 25.2 Å². The molecule has 1 aromatic rings. The highest BCUT2D eigenvalue weighted by atomic mass is 16.4. The van der Waals surface area contributed by atoms with E-state index in [1.165, 1.54) is 6.92 Å². The fourth-order valence-electron chi connectivity index (χ4n) is 1.65. The van der Waals surface area contributed by atoms with Crippen molar-refractivity contribution in [2.45, 2.75) is 25.8 Å². The average Bonchev–Trinajstić information content (AvgIpc) is 2.44. The number of amides is 2. The van der Waals surface area contributed by atoms with Crippen molar-refractivity contribution in [1.29, 1.82) is 0 Å². The van der Waals surface area contributed by atoms with Gasteiger partial charge in [-0.15, -0.1) is 0 Å². The van der Waals surface area contributed by atoms with E-state index < -0.39 is 12.0 Å². The second-order valence-corrected chi connectivity index (χ2v) is 4.41. The van der Waals surface area contributed by atoms with E-state index in [1.807, 2.05) is 6.07 Å². The molecule has 6 heteroatoms. The van der Waals surface area contributed by atoms with Crippen molar-refractivity contribution in [2.75, 3.05) is 7.05 Å². The zero-order valence-corrected chi connectivity index (χ0v) is 11.5. The largest absolute Gasteiger partial charge is 0.480 e. The van der Waals surface area contributed by atoms with Gasteiger partial charge in [0, 0.05) is 19.0 Å². The Morgan fingerprint density at radius 2 is 2.00 bits per heavy atom. The summed E-state index contributed by atoms with van der Waals surface area (Å²) in [5.41, 5.74) is 1.38. The lowest BCUT2D eigenvalue weighted by molar-refractivity contribution is -0.141. The molecule has 0 fully saturated rings. The van der Waals surface area contributed by atoms with Crippen LogP contribution in [0, 0.1) is 0 Å². The maximum Gasteiger partial charge on any atom is 0.325 e. The van der Waals surface area contributed by atoms with Crippen molar-refractivity contribution in [1.82, 2.24) is 10.6 Å². The van der Waals surface area contributed by atoms with Crippen LogP contribution in [0.2, 0.25) is 0 Å². The van der Waals surface area contributed by atoms with Gasteiger partial charge in [0.2, 0.25) is 5.91 Å². The molecule has 0 aliphatic rings. The molecule has 0 saturated carbocycles. The highest BCUT2D eigenvalue weighted by Gasteiger charge is 2.13. The molecule has 0 spiro atoms. The number of aliphatic carboxylic acids is 1. The predicted molar refractivity (Wildman–Crippen MR) is 73.4 cm³/mol. The molecule has 0 unspecified atom stereocenters. The maximum absolute atomic E-state index is 11.6. The van der Waals surface area contributed by atoms with Crippen LogP contribution in [0.25, 0.3) is 0 Å². The third-order valence-electron chi connectivity index (χ3n) is 2.80. The predicted octanol–water partition coefficient (Wildman–Crippen LogP) is 0.568. The monoisotopic (exact) mass is 278 g/mol. The van der Waals surface area contributed by atoms with Gasteiger partial charge < -0.3 is 15.7 Å². The summed E-state index contributed by atoms with van der Waals surface area (Å²) in [6.45, 7) is 1.41. The van der Waals surface area contributed by atoms with Gasteiger partial charge in [-0.05, 0) is 31.0 Å². The number of carbonyl (C=O) groups is 3. The molecule has 1 rings (SSSR count). The van der Waals surface area contributed by atoms with Crippen LogP contribution in [0.1, 0.15) is 29.3 Å². The third kappa shape index (κ3) is 4.72. The van der Waals surface area contributed by atoms with Gasteiger partial charge >= 0.3 is 5.97 Å². The van der Waals surface area contributed by atoms with Gasteiger partial charge in [-0.2, -0.15) is 0 Å². The topological polar surface area (TPSA) is 95.5 Å². The highest BCUT2D eigenvalue weighted by molar-refractivity contribution is 5.94. The molecule has 0 radical (unpaired) electrons. The Morgan fingerprint density at radius 3 is 2.60 bits per heavy atom. The Morgan fingerprint density at radius 1 is 1.30 bits per heavy atom. The first-order chi connectivity index (χ1) is 9.43. The number of benzene rings is 1. The van der Waals surface area contributed by atoms with Gasteiger partial charge in [0.1, 0.15) is 6.04 Å². The number of carboxylic acid groups (broad SMARTS) is 1. The van der Waals surface area contributed by atoms with Crippen LogP contribution in [0.3, 0.4) is 0 Å². The Labute approximate surface area is 117 Å². The third-order valence-corrected chi connectivity index (χ3v) is 2.80. The van der Waals surface area contributed by atoms with E-state index in [0.29, 0.717) is 12.0 Å². The minimum atomic E-state index is -1.07. The van der Waals surface area contributed by atoms with Crippen LogP contribution in [-0.4, -0.2) is 36.0 Å². The van der Waals surface area contributed by atoms with Gasteiger partial charge in [-0.3, -0.25) is 14.4 Å². The van der Waals surface area contributed by atoms with Crippen molar-refractivity contribution in [2.24, 2.45) is 0 Å². The summed E-state index contributed by atoms with van der Waals surface area (Å²) in [4.78, 5) is 33.6. The molecule has 0 saturated heterocycles. The van der Waals surface area contributed by atoms with E-state index >= 15 is 0 Å². The van der Waals surface area contributed by atoms with E-state index in [4.69, 9.17) is 5.11 Å². The maximum atomic E-state index is 11.6. The summed E-state index contributed by atoms with van der Waals surface area (Å²) >= 11 is 0. The summed E-state index contributed by atoms with van der Waals surface area (Å²) in [5, 5.41) is 13.6. The van der Waals surface area contributed by atoms with Crippen molar-refractivity contribution < 1.29 is 19.5 Å². The molecule has 3 N–H and O–H groups in total. The molecule has 20 heavy (non-hydrogen) atoms. The summed E-state index contributed by atoms with van der Waals surface area (Å²) in [6.07, 6.45) is 0.623. The fourth-order valence-corrected chi connectivity index (χ4v) is 1.65. The minimum Gasteiger partial charge on any atom is -0.480 e. The normalized spacial score (nSPS) is 11.5. The lowest BCUT2D eigenvalue weighted by Gasteiger charge is -2.09. The molecule has 108 valence electrons. The molecule has 1 atom stereocenters. The van der Waals surface area contributed by atoms with Gasteiger partial charge in [0.05, 0.1) is 0 Å². The molecular weight excluding hydrogens is 260 g/mol. The molecule has 6 nitrogen and oxygen atoms in total. The first-order valence-corrected chi connectivity index (χ1v) is 6.27. The quantitative estimate of drug-likeness (QED) is 0.709. The molecule has 0 aliphatic carbocycles. The van der Waals surface area contributed by atoms with E-state index in [-0.39, 0.29) is 18.2 Å². The SMILES string of the molecule is CNC(=O)c1cccc(CCC(=O)N[C@H](C)C(=O)O)c1. The van der Waals surface area contributed by atoms with Crippen LogP contribution >= 0.6 is 0 Å². The number of carbonyl (C=O) groups excluding carboxylic acids is 2. The number of hydrogen-bond acceptors (Lipinski definition) is 3. The number of hydrogen-bond donors (Lipinski definition) is 3. The summed E-state index contributed by atoms with van der Waals surface area (Å²) in [5.74, 6) is -1.58. The Hall–Kier alpha value is -2.37. The molecule has 0 heterocycles. The van der Waals surface area contributed by atoms with Crippen LogP contribution in [0.5, 0.6) is 0 Å². The van der Waals surface area contributed by atoms with E-state index in [9.17, 15) is 14.4 Å². The lowest BCUT2D eigenvalue weighted by atomic mass is 10.1. The van der Waals surface area contributed by atoms with E-state index in [0.717, 1.165) is 5.56 Å². The summed E-state index contributed by atoms with van der Waals surface area (Å²) in [6, 6.07) is 6.07. The summed E-state index contributed by atoms with van der Waals surface area (Å²) < 4.78 is 0. The minimum absolute atomic E-state index is 0.175. The Kier molecular flexibility index (Phi) is 5.71. The first kappa shape index (κ1) is 15.7. The van der Waals surface area contributed by atoms with Crippen molar-refractivity contribution in [3.63, 3.8) is 0 Å². The second-order valence-electron chi connectivity index (χ2n) is 4.41. The zero-order valence-electron chi connectivity index (χ0n) is 11.5. The molecular formula is C14H18N2O4. The Bertz CT molecular complexity index is 514. The highest BCUT2D eigenvalue weighted by Crippen LogP contribution is 2.07. The van der Waals surface area contributed by atoms with Crippen LogP contribution in [0.4, 0.5) is 0 Å². The molecule has 0 aromatic heterocycles. The second kappa shape index (κ2) is 7.28. The first-order valence-electron chi connectivity index (χ1n) is 6.27.